The predicted molar refractivity (Wildman–Crippen MR) is 73.7 cm³/mol. The van der Waals surface area contributed by atoms with Crippen molar-refractivity contribution < 1.29 is 0 Å². The SMILES string of the molecule is c1ccc2nc(-c3cnc4cnccn34)ccc2c1. The van der Waals surface area contributed by atoms with E-state index in [0.717, 1.165) is 27.9 Å². The zero-order valence-electron chi connectivity index (χ0n) is 10.1. The molecule has 0 unspecified atom stereocenters. The number of imidazole rings is 1. The lowest BCUT2D eigenvalue weighted by Crippen LogP contribution is -1.91. The van der Waals surface area contributed by atoms with Gasteiger partial charge in [0.05, 0.1) is 29.3 Å². The summed E-state index contributed by atoms with van der Waals surface area (Å²) in [6, 6.07) is 12.2. The Labute approximate surface area is 109 Å². The van der Waals surface area contributed by atoms with Crippen LogP contribution in [0.5, 0.6) is 0 Å². The lowest BCUT2D eigenvalue weighted by atomic mass is 10.2. The van der Waals surface area contributed by atoms with E-state index in [9.17, 15) is 0 Å². The molecule has 1 aromatic carbocycles. The summed E-state index contributed by atoms with van der Waals surface area (Å²) >= 11 is 0. The maximum absolute atomic E-state index is 4.69. The summed E-state index contributed by atoms with van der Waals surface area (Å²) in [4.78, 5) is 13.1. The first-order valence-corrected chi connectivity index (χ1v) is 6.05. The first-order valence-electron chi connectivity index (χ1n) is 6.05. The highest BCUT2D eigenvalue weighted by molar-refractivity contribution is 5.81. The van der Waals surface area contributed by atoms with Crippen LogP contribution in [0.25, 0.3) is 27.9 Å². The Kier molecular flexibility index (Phi) is 2.08. The van der Waals surface area contributed by atoms with Gasteiger partial charge in [0.1, 0.15) is 0 Å². The molecule has 19 heavy (non-hydrogen) atoms. The first-order chi connectivity index (χ1) is 9.42. The molecule has 3 aromatic heterocycles. The van der Waals surface area contributed by atoms with Crippen LogP contribution in [0.3, 0.4) is 0 Å². The number of hydrogen-bond acceptors (Lipinski definition) is 3. The second-order valence-electron chi connectivity index (χ2n) is 4.34. The quantitative estimate of drug-likeness (QED) is 0.518. The van der Waals surface area contributed by atoms with Gasteiger partial charge in [-0.25, -0.2) is 9.97 Å². The van der Waals surface area contributed by atoms with E-state index in [1.165, 1.54) is 0 Å². The highest BCUT2D eigenvalue weighted by Gasteiger charge is 2.07. The van der Waals surface area contributed by atoms with Crippen molar-refractivity contribution in [2.24, 2.45) is 0 Å². The van der Waals surface area contributed by atoms with Crippen molar-refractivity contribution in [2.75, 3.05) is 0 Å². The fraction of sp³-hybridized carbons (Fsp3) is 0. The molecule has 4 rings (SSSR count). The van der Waals surface area contributed by atoms with E-state index in [1.807, 2.05) is 41.1 Å². The normalized spacial score (nSPS) is 11.2. The minimum atomic E-state index is 0.826. The Hall–Kier alpha value is -2.75. The minimum Gasteiger partial charge on any atom is -0.295 e. The van der Waals surface area contributed by atoms with Crippen molar-refractivity contribution in [2.45, 2.75) is 0 Å². The zero-order chi connectivity index (χ0) is 12.7. The Bertz CT molecular complexity index is 879. The maximum Gasteiger partial charge on any atom is 0.155 e. The standard InChI is InChI=1S/C15H10N4/c1-2-4-12-11(3-1)5-6-13(18-12)14-9-17-15-10-16-7-8-19(14)15/h1-10H. The van der Waals surface area contributed by atoms with Gasteiger partial charge in [-0.15, -0.1) is 0 Å². The molecular weight excluding hydrogens is 236 g/mol. The summed E-state index contributed by atoms with van der Waals surface area (Å²) in [7, 11) is 0. The van der Waals surface area contributed by atoms with Crippen LogP contribution in [0.1, 0.15) is 0 Å². The number of benzene rings is 1. The Morgan fingerprint density at radius 1 is 0.947 bits per heavy atom. The van der Waals surface area contributed by atoms with Crippen molar-refractivity contribution in [1.82, 2.24) is 19.4 Å². The topological polar surface area (TPSA) is 43.1 Å². The van der Waals surface area contributed by atoms with Gasteiger partial charge in [-0.3, -0.25) is 9.38 Å². The molecule has 0 atom stereocenters. The van der Waals surface area contributed by atoms with Gasteiger partial charge in [0.2, 0.25) is 0 Å². The van der Waals surface area contributed by atoms with Gasteiger partial charge in [-0.1, -0.05) is 24.3 Å². The van der Waals surface area contributed by atoms with E-state index in [2.05, 4.69) is 27.1 Å². The fourth-order valence-corrected chi connectivity index (χ4v) is 2.24. The Morgan fingerprint density at radius 2 is 1.89 bits per heavy atom. The van der Waals surface area contributed by atoms with Gasteiger partial charge in [0.25, 0.3) is 0 Å². The minimum absolute atomic E-state index is 0.826. The van der Waals surface area contributed by atoms with E-state index < -0.39 is 0 Å². The maximum atomic E-state index is 4.69. The van der Waals surface area contributed by atoms with Crippen molar-refractivity contribution in [1.29, 1.82) is 0 Å². The summed E-state index contributed by atoms with van der Waals surface area (Å²) in [5, 5.41) is 1.14. The third kappa shape index (κ3) is 1.57. The molecule has 4 aromatic rings. The number of rotatable bonds is 1. The summed E-state index contributed by atoms with van der Waals surface area (Å²) in [6.45, 7) is 0. The average Bonchev–Trinajstić information content (AvgIpc) is 2.91. The number of nitrogens with zero attached hydrogens (tertiary/aromatic N) is 4. The molecule has 3 heterocycles. The molecule has 0 aliphatic carbocycles. The molecule has 0 aliphatic rings. The van der Waals surface area contributed by atoms with Crippen LogP contribution in [0.15, 0.2) is 61.2 Å². The summed E-state index contributed by atoms with van der Waals surface area (Å²) in [5.41, 5.74) is 3.71. The van der Waals surface area contributed by atoms with Crippen LogP contribution in [0, 0.1) is 0 Å². The van der Waals surface area contributed by atoms with Gasteiger partial charge in [0.15, 0.2) is 5.65 Å². The molecule has 0 saturated heterocycles. The van der Waals surface area contributed by atoms with E-state index >= 15 is 0 Å². The van der Waals surface area contributed by atoms with Crippen LogP contribution < -0.4 is 0 Å². The molecular formula is C15H10N4. The molecule has 4 heteroatoms. The largest absolute Gasteiger partial charge is 0.295 e. The molecule has 90 valence electrons. The third-order valence-electron chi connectivity index (χ3n) is 3.18. The molecule has 0 radical (unpaired) electrons. The van der Waals surface area contributed by atoms with Crippen LogP contribution in [0.4, 0.5) is 0 Å². The molecule has 0 spiro atoms. The van der Waals surface area contributed by atoms with Gasteiger partial charge in [0, 0.05) is 17.8 Å². The molecule has 4 nitrogen and oxygen atoms in total. The van der Waals surface area contributed by atoms with Crippen molar-refractivity contribution in [3.05, 3.63) is 61.2 Å². The molecule has 0 N–H and O–H groups in total. The smallest absolute Gasteiger partial charge is 0.155 e. The summed E-state index contributed by atoms with van der Waals surface area (Å²) < 4.78 is 1.99. The van der Waals surface area contributed by atoms with Gasteiger partial charge < -0.3 is 0 Å². The Balaban J connectivity index is 1.99. The van der Waals surface area contributed by atoms with Gasteiger partial charge in [-0.2, -0.15) is 0 Å². The lowest BCUT2D eigenvalue weighted by molar-refractivity contribution is 1.12. The number of aromatic nitrogens is 4. The fourth-order valence-electron chi connectivity index (χ4n) is 2.24. The summed E-state index contributed by atoms with van der Waals surface area (Å²) in [5.74, 6) is 0. The van der Waals surface area contributed by atoms with Crippen molar-refractivity contribution in [3.8, 4) is 11.4 Å². The Morgan fingerprint density at radius 3 is 2.89 bits per heavy atom. The van der Waals surface area contributed by atoms with Crippen molar-refractivity contribution >= 4 is 16.6 Å². The van der Waals surface area contributed by atoms with Crippen LogP contribution in [0.2, 0.25) is 0 Å². The number of fused-ring (bicyclic) bond motifs is 2. The molecule has 0 fully saturated rings. The molecule has 0 saturated carbocycles. The van der Waals surface area contributed by atoms with E-state index in [0.29, 0.717) is 0 Å². The first kappa shape index (κ1) is 10.2. The molecule has 0 aliphatic heterocycles. The zero-order valence-corrected chi connectivity index (χ0v) is 10.1. The van der Waals surface area contributed by atoms with Crippen LogP contribution in [-0.2, 0) is 0 Å². The summed E-state index contributed by atoms with van der Waals surface area (Å²) in [6.07, 6.45) is 7.21. The highest BCUT2D eigenvalue weighted by atomic mass is 15.0. The van der Waals surface area contributed by atoms with Crippen molar-refractivity contribution in [3.63, 3.8) is 0 Å². The van der Waals surface area contributed by atoms with Crippen LogP contribution in [-0.4, -0.2) is 19.4 Å². The highest BCUT2D eigenvalue weighted by Crippen LogP contribution is 2.21. The predicted octanol–water partition coefficient (Wildman–Crippen LogP) is 2.94. The number of para-hydroxylation sites is 1. The third-order valence-corrected chi connectivity index (χ3v) is 3.18. The second kappa shape index (κ2) is 3.88. The lowest BCUT2D eigenvalue weighted by Gasteiger charge is -2.02. The van der Waals surface area contributed by atoms with E-state index in [-0.39, 0.29) is 0 Å². The monoisotopic (exact) mass is 246 g/mol. The molecule has 0 bridgehead atoms. The molecule has 0 amide bonds. The van der Waals surface area contributed by atoms with Gasteiger partial charge >= 0.3 is 0 Å². The van der Waals surface area contributed by atoms with E-state index in [1.54, 1.807) is 12.4 Å². The number of hydrogen-bond donors (Lipinski definition) is 0. The average molecular weight is 246 g/mol. The van der Waals surface area contributed by atoms with Gasteiger partial charge in [-0.05, 0) is 12.1 Å². The second-order valence-corrected chi connectivity index (χ2v) is 4.34. The number of pyridine rings is 1. The van der Waals surface area contributed by atoms with E-state index in [4.69, 9.17) is 0 Å². The van der Waals surface area contributed by atoms with Crippen LogP contribution >= 0.6 is 0 Å².